The molecule has 0 aromatic heterocycles. The normalized spacial score (nSPS) is 27.4. The summed E-state index contributed by atoms with van der Waals surface area (Å²) >= 11 is 0. The Morgan fingerprint density at radius 1 is 1.38 bits per heavy atom. The second-order valence-electron chi connectivity index (χ2n) is 3.21. The molecule has 2 atom stereocenters. The third-order valence-electron chi connectivity index (χ3n) is 2.19. The van der Waals surface area contributed by atoms with Gasteiger partial charge in [-0.3, -0.25) is 0 Å². The minimum absolute atomic E-state index is 0. The van der Waals surface area contributed by atoms with E-state index in [4.69, 9.17) is 4.74 Å². The van der Waals surface area contributed by atoms with Gasteiger partial charge in [-0.2, -0.15) is 0 Å². The van der Waals surface area contributed by atoms with E-state index in [9.17, 15) is 0 Å². The summed E-state index contributed by atoms with van der Waals surface area (Å²) in [5.74, 6) is 0. The van der Waals surface area contributed by atoms with Gasteiger partial charge in [-0.1, -0.05) is 12.7 Å². The third-order valence-corrected chi connectivity index (χ3v) is 2.19. The summed E-state index contributed by atoms with van der Waals surface area (Å²) in [5.41, 5.74) is 0. The Labute approximate surface area is 86.7 Å². The average molecular weight is 204 g/mol. The quantitative estimate of drug-likeness (QED) is 0.482. The summed E-state index contributed by atoms with van der Waals surface area (Å²) in [6.45, 7) is 11.6. The van der Waals surface area contributed by atoms with Gasteiger partial charge in [0.2, 0.25) is 0 Å². The lowest BCUT2D eigenvalue weighted by Gasteiger charge is -2.28. The predicted molar refractivity (Wildman–Crippen MR) is 50.3 cm³/mol. The number of quaternary nitrogens is 1. The van der Waals surface area contributed by atoms with Gasteiger partial charge in [0.15, 0.2) is 0 Å². The molecular formula is C10H18ClNO. The van der Waals surface area contributed by atoms with Crippen LogP contribution in [-0.2, 0) is 4.74 Å². The van der Waals surface area contributed by atoms with Gasteiger partial charge in [0, 0.05) is 0 Å². The monoisotopic (exact) mass is 203 g/mol. The van der Waals surface area contributed by atoms with Crippen LogP contribution in [0.25, 0.3) is 0 Å². The Hall–Kier alpha value is -0.310. The molecule has 1 heterocycles. The standard InChI is InChI=1S/C10H17NO.ClH/c1-3-5-10-9-11(6-4-2)7-8-12-10;/h3-4,10H,1-2,5-9H2;1H. The second kappa shape index (κ2) is 7.13. The van der Waals surface area contributed by atoms with E-state index in [1.165, 1.54) is 0 Å². The minimum Gasteiger partial charge on any atom is -1.00 e. The van der Waals surface area contributed by atoms with Gasteiger partial charge in [0.1, 0.15) is 19.2 Å². The van der Waals surface area contributed by atoms with Gasteiger partial charge in [-0.05, 0) is 12.5 Å². The van der Waals surface area contributed by atoms with Gasteiger partial charge in [0.05, 0.1) is 13.2 Å². The first-order chi connectivity index (χ1) is 5.86. The molecule has 76 valence electrons. The molecule has 0 saturated carbocycles. The molecule has 1 N–H and O–H groups in total. The second-order valence-corrected chi connectivity index (χ2v) is 3.21. The van der Waals surface area contributed by atoms with Crippen LogP contribution in [-0.4, -0.2) is 32.3 Å². The fraction of sp³-hybridized carbons (Fsp3) is 0.600. The highest BCUT2D eigenvalue weighted by Crippen LogP contribution is 1.98. The molecule has 0 aliphatic carbocycles. The van der Waals surface area contributed by atoms with Crippen molar-refractivity contribution in [3.8, 4) is 0 Å². The SMILES string of the molecule is C=CCC1C[NH+](CC=C)CCO1.[Cl-]. The van der Waals surface area contributed by atoms with Crippen molar-refractivity contribution >= 4 is 0 Å². The molecule has 13 heavy (non-hydrogen) atoms. The zero-order valence-electron chi connectivity index (χ0n) is 7.97. The van der Waals surface area contributed by atoms with E-state index in [-0.39, 0.29) is 12.4 Å². The molecule has 0 aromatic rings. The molecule has 2 nitrogen and oxygen atoms in total. The number of morpholine rings is 1. The van der Waals surface area contributed by atoms with Gasteiger partial charge in [-0.15, -0.1) is 6.58 Å². The lowest BCUT2D eigenvalue weighted by molar-refractivity contribution is -0.906. The summed E-state index contributed by atoms with van der Waals surface area (Å²) in [6, 6.07) is 0. The maximum atomic E-state index is 5.57. The largest absolute Gasteiger partial charge is 1.00 e. The summed E-state index contributed by atoms with van der Waals surface area (Å²) in [5, 5.41) is 0. The number of ether oxygens (including phenoxy) is 1. The number of hydrogen-bond acceptors (Lipinski definition) is 1. The topological polar surface area (TPSA) is 13.7 Å². The van der Waals surface area contributed by atoms with Crippen molar-refractivity contribution in [2.24, 2.45) is 0 Å². The molecule has 0 radical (unpaired) electrons. The highest BCUT2D eigenvalue weighted by Gasteiger charge is 2.20. The molecular weight excluding hydrogens is 186 g/mol. The Balaban J connectivity index is 0.00000144. The molecule has 3 heteroatoms. The van der Waals surface area contributed by atoms with Crippen LogP contribution in [0.2, 0.25) is 0 Å². The summed E-state index contributed by atoms with van der Waals surface area (Å²) in [7, 11) is 0. The molecule has 0 aromatic carbocycles. The summed E-state index contributed by atoms with van der Waals surface area (Å²) < 4.78 is 5.57. The Morgan fingerprint density at radius 2 is 2.15 bits per heavy atom. The van der Waals surface area contributed by atoms with Crippen molar-refractivity contribution in [3.05, 3.63) is 25.3 Å². The van der Waals surface area contributed by atoms with Crippen molar-refractivity contribution in [1.29, 1.82) is 0 Å². The fourth-order valence-electron chi connectivity index (χ4n) is 1.58. The van der Waals surface area contributed by atoms with Crippen molar-refractivity contribution in [3.63, 3.8) is 0 Å². The van der Waals surface area contributed by atoms with Crippen molar-refractivity contribution < 1.29 is 22.0 Å². The van der Waals surface area contributed by atoms with Crippen LogP contribution in [0.15, 0.2) is 25.3 Å². The van der Waals surface area contributed by atoms with Gasteiger partial charge in [-0.25, -0.2) is 0 Å². The summed E-state index contributed by atoms with van der Waals surface area (Å²) in [6.07, 6.45) is 5.26. The zero-order chi connectivity index (χ0) is 8.81. The van der Waals surface area contributed by atoms with Gasteiger partial charge in [0.25, 0.3) is 0 Å². The smallest absolute Gasteiger partial charge is 0.110 e. The number of nitrogens with one attached hydrogen (secondary N) is 1. The van der Waals surface area contributed by atoms with E-state index in [1.54, 1.807) is 4.90 Å². The lowest BCUT2D eigenvalue weighted by Crippen LogP contribution is -3.14. The fourth-order valence-corrected chi connectivity index (χ4v) is 1.58. The van der Waals surface area contributed by atoms with E-state index in [0.717, 1.165) is 32.7 Å². The number of rotatable bonds is 4. The molecule has 2 unspecified atom stereocenters. The first-order valence-electron chi connectivity index (χ1n) is 4.53. The van der Waals surface area contributed by atoms with Gasteiger partial charge < -0.3 is 22.0 Å². The highest BCUT2D eigenvalue weighted by molar-refractivity contribution is 4.74. The molecule has 1 rings (SSSR count). The molecule has 0 spiro atoms. The van der Waals surface area contributed by atoms with Crippen molar-refractivity contribution in [1.82, 2.24) is 0 Å². The Kier molecular flexibility index (Phi) is 6.96. The third kappa shape index (κ3) is 4.46. The zero-order valence-corrected chi connectivity index (χ0v) is 8.72. The van der Waals surface area contributed by atoms with Crippen LogP contribution in [0.3, 0.4) is 0 Å². The van der Waals surface area contributed by atoms with E-state index >= 15 is 0 Å². The highest BCUT2D eigenvalue weighted by atomic mass is 35.5. The molecule has 1 aliphatic rings. The number of halogens is 1. The van der Waals surface area contributed by atoms with E-state index in [2.05, 4.69) is 13.2 Å². The van der Waals surface area contributed by atoms with Crippen molar-refractivity contribution in [2.45, 2.75) is 12.5 Å². The van der Waals surface area contributed by atoms with Crippen LogP contribution in [0.1, 0.15) is 6.42 Å². The predicted octanol–water partition coefficient (Wildman–Crippen LogP) is -2.96. The maximum Gasteiger partial charge on any atom is 0.110 e. The summed E-state index contributed by atoms with van der Waals surface area (Å²) in [4.78, 5) is 1.57. The number of hydrogen-bond donors (Lipinski definition) is 1. The van der Waals surface area contributed by atoms with E-state index in [1.807, 2.05) is 12.2 Å². The Bertz CT molecular complexity index is 145. The minimum atomic E-state index is 0. The maximum absolute atomic E-state index is 5.57. The molecule has 1 fully saturated rings. The average Bonchev–Trinajstić information content (AvgIpc) is 2.06. The van der Waals surface area contributed by atoms with Gasteiger partial charge >= 0.3 is 0 Å². The van der Waals surface area contributed by atoms with Crippen LogP contribution >= 0.6 is 0 Å². The molecule has 1 saturated heterocycles. The Morgan fingerprint density at radius 3 is 2.77 bits per heavy atom. The first-order valence-corrected chi connectivity index (χ1v) is 4.53. The van der Waals surface area contributed by atoms with Crippen LogP contribution < -0.4 is 17.3 Å². The van der Waals surface area contributed by atoms with Crippen LogP contribution in [0.5, 0.6) is 0 Å². The van der Waals surface area contributed by atoms with E-state index in [0.29, 0.717) is 6.10 Å². The van der Waals surface area contributed by atoms with Crippen LogP contribution in [0, 0.1) is 0 Å². The molecule has 1 aliphatic heterocycles. The molecule has 0 bridgehead atoms. The van der Waals surface area contributed by atoms with Crippen molar-refractivity contribution in [2.75, 3.05) is 26.2 Å². The van der Waals surface area contributed by atoms with E-state index < -0.39 is 0 Å². The lowest BCUT2D eigenvalue weighted by atomic mass is 10.2. The molecule has 0 amide bonds. The van der Waals surface area contributed by atoms with Crippen LogP contribution in [0.4, 0.5) is 0 Å². The first kappa shape index (κ1) is 12.7.